The van der Waals surface area contributed by atoms with Crippen molar-refractivity contribution in [2.24, 2.45) is 75.4 Å². The molecule has 7 saturated carbocycles. The minimum atomic E-state index is -0.198. The molecule has 26 heavy (non-hydrogen) atoms. The lowest BCUT2D eigenvalue weighted by Gasteiger charge is -2.40. The van der Waals surface area contributed by atoms with E-state index in [1.54, 1.807) is 7.11 Å². The van der Waals surface area contributed by atoms with E-state index in [-0.39, 0.29) is 11.4 Å². The summed E-state index contributed by atoms with van der Waals surface area (Å²) in [5.74, 6) is 8.12. The van der Waals surface area contributed by atoms with Crippen molar-refractivity contribution in [3.63, 3.8) is 0 Å². The lowest BCUT2D eigenvalue weighted by molar-refractivity contribution is -0.160. The minimum absolute atomic E-state index is 0.148. The van der Waals surface area contributed by atoms with Crippen molar-refractivity contribution in [1.82, 2.24) is 0 Å². The molecule has 138 valence electrons. The lowest BCUT2D eigenvalue weighted by Crippen LogP contribution is -2.44. The molecule has 0 amide bonds. The molecule has 11 unspecified atom stereocenters. The zero-order valence-corrected chi connectivity index (χ0v) is 16.4. The number of esters is 1. The normalized spacial score (nSPS) is 71.7. The maximum atomic E-state index is 13.3. The number of methoxy groups -OCH3 is 1. The van der Waals surface area contributed by atoms with E-state index in [9.17, 15) is 4.79 Å². The van der Waals surface area contributed by atoms with E-state index in [2.05, 4.69) is 20.8 Å². The predicted octanol–water partition coefficient (Wildman–Crippen LogP) is 4.31. The van der Waals surface area contributed by atoms with Gasteiger partial charge in [0.25, 0.3) is 0 Å². The Bertz CT molecular complexity index is 856. The Labute approximate surface area is 156 Å². The van der Waals surface area contributed by atoms with Gasteiger partial charge in [-0.15, -0.1) is 0 Å². The van der Waals surface area contributed by atoms with Crippen LogP contribution in [0.3, 0.4) is 0 Å². The highest BCUT2D eigenvalue weighted by Gasteiger charge is 2.90. The third kappa shape index (κ3) is 0.909. The van der Waals surface area contributed by atoms with Crippen LogP contribution < -0.4 is 0 Å². The molecule has 0 aromatic carbocycles. The predicted molar refractivity (Wildman–Crippen MR) is 96.7 cm³/mol. The van der Waals surface area contributed by atoms with E-state index in [4.69, 9.17) is 4.74 Å². The summed E-state index contributed by atoms with van der Waals surface area (Å²) in [5, 5.41) is 0. The van der Waals surface area contributed by atoms with Gasteiger partial charge in [0.1, 0.15) is 0 Å². The second kappa shape index (κ2) is 3.48. The van der Waals surface area contributed by atoms with Crippen molar-refractivity contribution >= 4 is 5.97 Å². The number of carbonyl (C=O) groups excluding carboxylic acids is 1. The van der Waals surface area contributed by atoms with Crippen LogP contribution >= 0.6 is 0 Å². The Morgan fingerprint density at radius 1 is 0.962 bits per heavy atom. The average Bonchev–Trinajstić information content (AvgIpc) is 3.36. The van der Waals surface area contributed by atoms with Crippen molar-refractivity contribution < 1.29 is 9.53 Å². The van der Waals surface area contributed by atoms with Crippen LogP contribution in [-0.2, 0) is 9.53 Å². The molecule has 0 radical (unpaired) electrons. The highest BCUT2D eigenvalue weighted by molar-refractivity contribution is 5.79. The maximum absolute atomic E-state index is 13.3. The Morgan fingerprint density at radius 3 is 2.46 bits per heavy atom. The zero-order chi connectivity index (χ0) is 17.5. The molecule has 0 aliphatic heterocycles. The third-order valence-corrected chi connectivity index (χ3v) is 12.4. The molecule has 8 aliphatic carbocycles. The molecule has 2 nitrogen and oxygen atoms in total. The summed E-state index contributed by atoms with van der Waals surface area (Å²) < 4.78 is 5.54. The van der Waals surface area contributed by atoms with Gasteiger partial charge in [0.15, 0.2) is 0 Å². The first kappa shape index (κ1) is 14.2. The fraction of sp³-hybridized carbons (Fsp3) is 0.875. The van der Waals surface area contributed by atoms with Gasteiger partial charge in [-0.05, 0) is 103 Å². The number of allylic oxidation sites excluding steroid dienone is 2. The Morgan fingerprint density at radius 2 is 1.69 bits per heavy atom. The van der Waals surface area contributed by atoms with Crippen molar-refractivity contribution in [2.45, 2.75) is 46.5 Å². The summed E-state index contributed by atoms with van der Waals surface area (Å²) in [4.78, 5) is 13.3. The first-order valence-electron chi connectivity index (χ1n) is 11.2. The van der Waals surface area contributed by atoms with Gasteiger partial charge in [0, 0.05) is 0 Å². The van der Waals surface area contributed by atoms with Crippen LogP contribution in [-0.4, -0.2) is 13.1 Å². The van der Waals surface area contributed by atoms with Gasteiger partial charge in [-0.2, -0.15) is 0 Å². The summed E-state index contributed by atoms with van der Waals surface area (Å²) >= 11 is 0. The standard InChI is InChI=1S/C24H30O2/c1-22-8-7-11-16-14-13-15(24(16,3)21(25)26-4)9-5-6-10-12(9)18(13)23(2,20(10)22)19(14)17(11)22/h9,11-19H,5-8H2,1-4H3/t9?,11?,12?,13?,14?,15?,16?,17?,18?,19?,22-,23?,24-/m1/s1. The molecule has 13 atom stereocenters. The van der Waals surface area contributed by atoms with E-state index in [1.807, 2.05) is 11.1 Å². The summed E-state index contributed by atoms with van der Waals surface area (Å²) in [5.41, 5.74) is 4.71. The van der Waals surface area contributed by atoms with Crippen LogP contribution in [0.2, 0.25) is 0 Å². The Kier molecular flexibility index (Phi) is 1.91. The molecule has 0 bridgehead atoms. The van der Waals surface area contributed by atoms with E-state index < -0.39 is 0 Å². The van der Waals surface area contributed by atoms with E-state index >= 15 is 0 Å². The van der Waals surface area contributed by atoms with Gasteiger partial charge in [0.05, 0.1) is 12.5 Å². The number of ether oxygens (including phenoxy) is 1. The quantitative estimate of drug-likeness (QED) is 0.520. The molecule has 2 heteroatoms. The molecule has 7 fully saturated rings. The summed E-state index contributed by atoms with van der Waals surface area (Å²) in [6.07, 6.45) is 5.48. The first-order chi connectivity index (χ1) is 12.4. The number of carbonyl (C=O) groups is 1. The van der Waals surface area contributed by atoms with Crippen molar-refractivity contribution in [3.05, 3.63) is 11.1 Å². The summed E-state index contributed by atoms with van der Waals surface area (Å²) in [7, 11) is 1.65. The average molecular weight is 351 g/mol. The molecular formula is C24H30O2. The van der Waals surface area contributed by atoms with Crippen LogP contribution in [0, 0.1) is 75.4 Å². The van der Waals surface area contributed by atoms with E-state index in [0.717, 1.165) is 47.3 Å². The fourth-order valence-electron chi connectivity index (χ4n) is 13.0. The molecule has 8 rings (SSSR count). The number of rotatable bonds is 1. The van der Waals surface area contributed by atoms with Gasteiger partial charge in [-0.3, -0.25) is 4.79 Å². The topological polar surface area (TPSA) is 26.3 Å². The van der Waals surface area contributed by atoms with E-state index in [0.29, 0.717) is 22.7 Å². The third-order valence-electron chi connectivity index (χ3n) is 12.4. The van der Waals surface area contributed by atoms with Crippen LogP contribution in [0.25, 0.3) is 0 Å². The molecule has 0 aromatic rings. The van der Waals surface area contributed by atoms with Crippen LogP contribution in [0.4, 0.5) is 0 Å². The second-order valence-electron chi connectivity index (χ2n) is 12.1. The van der Waals surface area contributed by atoms with Crippen LogP contribution in [0.5, 0.6) is 0 Å². The molecule has 0 heterocycles. The Balaban J connectivity index is 1.52. The SMILES string of the molecule is COC(=O)[C@]1(C)C2C3CCC4=C5C6(C)C(C43)C2C2C6C3C(CC[C@@]53C)C21. The highest BCUT2D eigenvalue weighted by Crippen LogP contribution is 2.94. The van der Waals surface area contributed by atoms with Gasteiger partial charge in [-0.25, -0.2) is 0 Å². The minimum Gasteiger partial charge on any atom is -0.469 e. The smallest absolute Gasteiger partial charge is 0.312 e. The van der Waals surface area contributed by atoms with Crippen molar-refractivity contribution in [3.8, 4) is 0 Å². The number of hydrogen-bond acceptors (Lipinski definition) is 2. The fourth-order valence-corrected chi connectivity index (χ4v) is 13.0. The van der Waals surface area contributed by atoms with Gasteiger partial charge >= 0.3 is 5.97 Å². The Hall–Kier alpha value is -0.790. The van der Waals surface area contributed by atoms with Gasteiger partial charge < -0.3 is 4.74 Å². The first-order valence-corrected chi connectivity index (χ1v) is 11.2. The van der Waals surface area contributed by atoms with Crippen molar-refractivity contribution in [1.29, 1.82) is 0 Å². The van der Waals surface area contributed by atoms with Crippen molar-refractivity contribution in [2.75, 3.05) is 7.11 Å². The molecule has 8 aliphatic rings. The molecule has 0 aromatic heterocycles. The maximum Gasteiger partial charge on any atom is 0.312 e. The summed E-state index contributed by atoms with van der Waals surface area (Å²) in [6.45, 7) is 7.73. The molecule has 0 N–H and O–H groups in total. The second-order valence-corrected chi connectivity index (χ2v) is 12.1. The summed E-state index contributed by atoms with van der Waals surface area (Å²) in [6, 6.07) is 0. The largest absolute Gasteiger partial charge is 0.469 e. The monoisotopic (exact) mass is 350 g/mol. The van der Waals surface area contributed by atoms with Crippen LogP contribution in [0.15, 0.2) is 11.1 Å². The van der Waals surface area contributed by atoms with E-state index in [1.165, 1.54) is 25.7 Å². The lowest BCUT2D eigenvalue weighted by atomic mass is 9.63. The number of fused-ring (bicyclic) bond motifs is 3. The molecular weight excluding hydrogens is 320 g/mol. The van der Waals surface area contributed by atoms with Crippen LogP contribution in [0.1, 0.15) is 46.5 Å². The van der Waals surface area contributed by atoms with Gasteiger partial charge in [-0.1, -0.05) is 25.0 Å². The molecule has 0 saturated heterocycles. The van der Waals surface area contributed by atoms with Gasteiger partial charge in [0.2, 0.25) is 0 Å². The highest BCUT2D eigenvalue weighted by atomic mass is 16.5. The zero-order valence-electron chi connectivity index (χ0n) is 16.4. The molecule has 0 spiro atoms. The number of hydrogen-bond donors (Lipinski definition) is 0.